The van der Waals surface area contributed by atoms with E-state index >= 15 is 0 Å². The SMILES string of the molecule is CCCCc1cc[n+](CCC)cc1.[F-]. The maximum Gasteiger partial charge on any atom is 0.169 e. The van der Waals surface area contributed by atoms with Crippen LogP contribution in [0.4, 0.5) is 0 Å². The minimum Gasteiger partial charge on any atom is -1.00 e. The number of pyridine rings is 1. The summed E-state index contributed by atoms with van der Waals surface area (Å²) in [6, 6.07) is 4.48. The third-order valence-corrected chi connectivity index (χ3v) is 2.26. The predicted molar refractivity (Wildman–Crippen MR) is 55.5 cm³/mol. The zero-order valence-corrected chi connectivity index (χ0v) is 9.17. The maximum absolute atomic E-state index is 2.25. The first kappa shape index (κ1) is 13.1. The molecule has 1 aromatic heterocycles. The summed E-state index contributed by atoms with van der Waals surface area (Å²) in [5.41, 5.74) is 1.47. The number of rotatable bonds is 5. The van der Waals surface area contributed by atoms with Crippen molar-refractivity contribution >= 4 is 0 Å². The quantitative estimate of drug-likeness (QED) is 0.572. The molecule has 0 saturated heterocycles. The monoisotopic (exact) mass is 197 g/mol. The van der Waals surface area contributed by atoms with E-state index in [4.69, 9.17) is 0 Å². The molecule has 14 heavy (non-hydrogen) atoms. The van der Waals surface area contributed by atoms with Gasteiger partial charge in [-0.2, -0.15) is 0 Å². The second-order valence-electron chi connectivity index (χ2n) is 3.55. The van der Waals surface area contributed by atoms with Crippen LogP contribution in [0.25, 0.3) is 0 Å². The van der Waals surface area contributed by atoms with Crippen molar-refractivity contribution in [3.8, 4) is 0 Å². The van der Waals surface area contributed by atoms with Crippen molar-refractivity contribution in [3.63, 3.8) is 0 Å². The van der Waals surface area contributed by atoms with E-state index in [1.165, 1.54) is 31.2 Å². The fourth-order valence-corrected chi connectivity index (χ4v) is 1.44. The number of hydrogen-bond acceptors (Lipinski definition) is 0. The number of halogens is 1. The Bertz CT molecular complexity index is 231. The largest absolute Gasteiger partial charge is 1.00 e. The second kappa shape index (κ2) is 7.48. The third-order valence-electron chi connectivity index (χ3n) is 2.26. The molecule has 0 radical (unpaired) electrons. The number of unbranched alkanes of at least 4 members (excludes halogenated alkanes) is 1. The Labute approximate surface area is 86.1 Å². The Morgan fingerprint density at radius 3 is 2.21 bits per heavy atom. The molecule has 0 aliphatic rings. The molecule has 0 unspecified atom stereocenters. The van der Waals surface area contributed by atoms with Crippen LogP contribution in [0, 0.1) is 0 Å². The molecule has 0 atom stereocenters. The van der Waals surface area contributed by atoms with E-state index in [0.717, 1.165) is 6.54 Å². The van der Waals surface area contributed by atoms with E-state index in [1.54, 1.807) is 0 Å². The van der Waals surface area contributed by atoms with Gasteiger partial charge < -0.3 is 4.70 Å². The molecule has 1 heterocycles. The van der Waals surface area contributed by atoms with Gasteiger partial charge >= 0.3 is 0 Å². The van der Waals surface area contributed by atoms with Gasteiger partial charge in [0.05, 0.1) is 0 Å². The highest BCUT2D eigenvalue weighted by Gasteiger charge is 1.98. The van der Waals surface area contributed by atoms with Crippen LogP contribution < -0.4 is 9.27 Å². The predicted octanol–water partition coefficient (Wildman–Crippen LogP) is -0.269. The highest BCUT2D eigenvalue weighted by atomic mass is 19.0. The molecule has 0 bridgehead atoms. The first-order chi connectivity index (χ1) is 6.36. The van der Waals surface area contributed by atoms with Crippen LogP contribution in [-0.4, -0.2) is 0 Å². The summed E-state index contributed by atoms with van der Waals surface area (Å²) in [4.78, 5) is 0. The van der Waals surface area contributed by atoms with E-state index in [0.29, 0.717) is 0 Å². The molecule has 0 aliphatic heterocycles. The molecular formula is C12H20FN. The summed E-state index contributed by atoms with van der Waals surface area (Å²) in [6.07, 6.45) is 9.40. The van der Waals surface area contributed by atoms with Crippen LogP contribution in [0.3, 0.4) is 0 Å². The Hall–Kier alpha value is -0.920. The molecule has 0 saturated carbocycles. The highest BCUT2D eigenvalue weighted by molar-refractivity contribution is 5.06. The second-order valence-corrected chi connectivity index (χ2v) is 3.55. The van der Waals surface area contributed by atoms with Gasteiger partial charge in [0.1, 0.15) is 6.54 Å². The summed E-state index contributed by atoms with van der Waals surface area (Å²) in [7, 11) is 0. The zero-order chi connectivity index (χ0) is 9.52. The smallest absolute Gasteiger partial charge is 0.169 e. The molecule has 0 spiro atoms. The Balaban J connectivity index is 0.00000169. The molecule has 0 N–H and O–H groups in total. The highest BCUT2D eigenvalue weighted by Crippen LogP contribution is 2.01. The maximum atomic E-state index is 2.25. The molecule has 0 amide bonds. The molecule has 0 fully saturated rings. The van der Waals surface area contributed by atoms with E-state index in [9.17, 15) is 0 Å². The molecule has 1 rings (SSSR count). The average Bonchev–Trinajstić information content (AvgIpc) is 2.17. The van der Waals surface area contributed by atoms with Crippen LogP contribution in [0.2, 0.25) is 0 Å². The van der Waals surface area contributed by atoms with E-state index in [2.05, 4.69) is 42.9 Å². The van der Waals surface area contributed by atoms with E-state index < -0.39 is 0 Å². The molecule has 0 aromatic carbocycles. The van der Waals surface area contributed by atoms with Gasteiger partial charge in [0.25, 0.3) is 0 Å². The number of nitrogens with zero attached hydrogens (tertiary/aromatic N) is 1. The summed E-state index contributed by atoms with van der Waals surface area (Å²) in [5.74, 6) is 0. The summed E-state index contributed by atoms with van der Waals surface area (Å²) < 4.78 is 2.25. The van der Waals surface area contributed by atoms with Crippen molar-refractivity contribution in [2.45, 2.75) is 46.1 Å². The minimum absolute atomic E-state index is 0. The molecule has 1 aromatic rings. The van der Waals surface area contributed by atoms with Crippen LogP contribution in [0.15, 0.2) is 24.5 Å². The third kappa shape index (κ3) is 4.35. The van der Waals surface area contributed by atoms with Crippen molar-refractivity contribution in [3.05, 3.63) is 30.1 Å². The summed E-state index contributed by atoms with van der Waals surface area (Å²) in [5, 5.41) is 0. The normalized spacial score (nSPS) is 9.57. The van der Waals surface area contributed by atoms with E-state index in [1.807, 2.05) is 0 Å². The molecule has 80 valence electrons. The lowest BCUT2D eigenvalue weighted by Crippen LogP contribution is -3.00. The van der Waals surface area contributed by atoms with Gasteiger partial charge in [-0.25, -0.2) is 4.57 Å². The fourth-order valence-electron chi connectivity index (χ4n) is 1.44. The average molecular weight is 197 g/mol. The zero-order valence-electron chi connectivity index (χ0n) is 9.17. The summed E-state index contributed by atoms with van der Waals surface area (Å²) in [6.45, 7) is 5.58. The Kier molecular flexibility index (Phi) is 6.99. The number of aryl methyl sites for hydroxylation is 2. The van der Waals surface area contributed by atoms with Gasteiger partial charge in [0.2, 0.25) is 0 Å². The van der Waals surface area contributed by atoms with E-state index in [-0.39, 0.29) is 4.70 Å². The first-order valence-electron chi connectivity index (χ1n) is 5.34. The van der Waals surface area contributed by atoms with Crippen molar-refractivity contribution in [2.75, 3.05) is 0 Å². The van der Waals surface area contributed by atoms with Crippen molar-refractivity contribution < 1.29 is 9.27 Å². The Morgan fingerprint density at radius 1 is 1.07 bits per heavy atom. The number of hydrogen-bond donors (Lipinski definition) is 0. The lowest BCUT2D eigenvalue weighted by Gasteiger charge is -1.98. The summed E-state index contributed by atoms with van der Waals surface area (Å²) >= 11 is 0. The van der Waals surface area contributed by atoms with Crippen LogP contribution >= 0.6 is 0 Å². The van der Waals surface area contributed by atoms with Crippen molar-refractivity contribution in [1.82, 2.24) is 0 Å². The Morgan fingerprint density at radius 2 is 1.71 bits per heavy atom. The standard InChI is InChI=1S/C12H20N.FH/c1-3-5-6-12-7-10-13(9-4-2)11-8-12;/h7-8,10-11H,3-6,9H2,1-2H3;1H/q+1;/p-1. The lowest BCUT2D eigenvalue weighted by atomic mass is 10.1. The van der Waals surface area contributed by atoms with Crippen molar-refractivity contribution in [1.29, 1.82) is 0 Å². The topological polar surface area (TPSA) is 3.88 Å². The van der Waals surface area contributed by atoms with Gasteiger partial charge in [0.15, 0.2) is 12.4 Å². The van der Waals surface area contributed by atoms with Crippen LogP contribution in [0.5, 0.6) is 0 Å². The van der Waals surface area contributed by atoms with Crippen molar-refractivity contribution in [2.24, 2.45) is 0 Å². The van der Waals surface area contributed by atoms with Gasteiger partial charge in [-0.3, -0.25) is 0 Å². The minimum atomic E-state index is 0. The van der Waals surface area contributed by atoms with Crippen LogP contribution in [-0.2, 0) is 13.0 Å². The van der Waals surface area contributed by atoms with Gasteiger partial charge in [0, 0.05) is 18.6 Å². The molecule has 0 aliphatic carbocycles. The molecule has 1 nitrogen and oxygen atoms in total. The number of aromatic nitrogens is 1. The lowest BCUT2D eigenvalue weighted by molar-refractivity contribution is -0.697. The van der Waals surface area contributed by atoms with Gasteiger partial charge in [-0.1, -0.05) is 20.3 Å². The first-order valence-corrected chi connectivity index (χ1v) is 5.34. The van der Waals surface area contributed by atoms with Gasteiger partial charge in [-0.05, 0) is 18.4 Å². The molecule has 2 heteroatoms. The fraction of sp³-hybridized carbons (Fsp3) is 0.583. The van der Waals surface area contributed by atoms with Crippen LogP contribution in [0.1, 0.15) is 38.7 Å². The van der Waals surface area contributed by atoms with Gasteiger partial charge in [-0.15, -0.1) is 0 Å². The molecular weight excluding hydrogens is 177 g/mol.